The number of halogens is 1. The molecule has 0 atom stereocenters. The summed E-state index contributed by atoms with van der Waals surface area (Å²) < 4.78 is 5.93. The van der Waals surface area contributed by atoms with Crippen molar-refractivity contribution < 1.29 is 9.53 Å². The first-order valence-electron chi connectivity index (χ1n) is 5.39. The van der Waals surface area contributed by atoms with Crippen molar-refractivity contribution in [1.82, 2.24) is 0 Å². The molecule has 2 aromatic rings. The third kappa shape index (κ3) is 3.03. The Morgan fingerprint density at radius 2 is 2.11 bits per heavy atom. The van der Waals surface area contributed by atoms with E-state index in [2.05, 4.69) is 5.32 Å². The summed E-state index contributed by atoms with van der Waals surface area (Å²) in [5.74, 6) is -0.343. The molecule has 3 nitrogen and oxygen atoms in total. The Bertz CT molecular complexity index is 553. The maximum Gasteiger partial charge on any atom is 0.340 e. The summed E-state index contributed by atoms with van der Waals surface area (Å²) in [7, 11) is 1.77. The third-order valence-corrected chi connectivity index (χ3v) is 3.60. The largest absolute Gasteiger partial charge is 0.456 e. The number of carbonyl (C=O) groups excluding carboxylic acids is 1. The van der Waals surface area contributed by atoms with Gasteiger partial charge in [0.25, 0.3) is 0 Å². The lowest BCUT2D eigenvalue weighted by Crippen LogP contribution is -2.07. The third-order valence-electron chi connectivity index (χ3n) is 2.39. The summed E-state index contributed by atoms with van der Waals surface area (Å²) >= 11 is 7.22. The number of nitrogens with one attached hydrogen (secondary N) is 1. The lowest BCUT2D eigenvalue weighted by atomic mass is 10.2. The molecule has 0 saturated heterocycles. The van der Waals surface area contributed by atoms with Crippen molar-refractivity contribution in [2.24, 2.45) is 0 Å². The van der Waals surface area contributed by atoms with E-state index in [0.29, 0.717) is 9.90 Å². The first-order chi connectivity index (χ1) is 8.70. The standard InChI is InChI=1S/C13H12ClNO2S/c1-15-11-5-3-2-4-10(11)13(16)17-8-9-6-7-12(14)18-9/h2-7,15H,8H2,1H3. The van der Waals surface area contributed by atoms with Crippen LogP contribution in [0.5, 0.6) is 0 Å². The van der Waals surface area contributed by atoms with Crippen LogP contribution in [0, 0.1) is 0 Å². The molecule has 0 aliphatic heterocycles. The van der Waals surface area contributed by atoms with Crippen molar-refractivity contribution in [3.63, 3.8) is 0 Å². The molecule has 0 aliphatic rings. The Kier molecular flexibility index (Phi) is 4.23. The quantitative estimate of drug-likeness (QED) is 0.866. The van der Waals surface area contributed by atoms with Crippen LogP contribution in [0.3, 0.4) is 0 Å². The highest BCUT2D eigenvalue weighted by molar-refractivity contribution is 7.16. The smallest absolute Gasteiger partial charge is 0.340 e. The predicted octanol–water partition coefficient (Wildman–Crippen LogP) is 3.80. The average molecular weight is 282 g/mol. The second-order valence-electron chi connectivity index (χ2n) is 3.58. The van der Waals surface area contributed by atoms with Crippen molar-refractivity contribution in [2.45, 2.75) is 6.61 Å². The summed E-state index contributed by atoms with van der Waals surface area (Å²) in [6.07, 6.45) is 0. The van der Waals surface area contributed by atoms with E-state index >= 15 is 0 Å². The number of hydrogen-bond donors (Lipinski definition) is 1. The van der Waals surface area contributed by atoms with Gasteiger partial charge in [0.2, 0.25) is 0 Å². The number of anilines is 1. The van der Waals surface area contributed by atoms with Gasteiger partial charge in [0, 0.05) is 17.6 Å². The molecule has 0 radical (unpaired) electrons. The Balaban J connectivity index is 2.03. The van der Waals surface area contributed by atoms with Crippen molar-refractivity contribution in [3.8, 4) is 0 Å². The van der Waals surface area contributed by atoms with Gasteiger partial charge in [0.1, 0.15) is 6.61 Å². The zero-order valence-electron chi connectivity index (χ0n) is 9.77. The fraction of sp³-hybridized carbons (Fsp3) is 0.154. The van der Waals surface area contributed by atoms with Crippen LogP contribution in [0.1, 0.15) is 15.2 Å². The van der Waals surface area contributed by atoms with Crippen molar-refractivity contribution in [3.05, 3.63) is 51.2 Å². The SMILES string of the molecule is CNc1ccccc1C(=O)OCc1ccc(Cl)s1. The second kappa shape index (κ2) is 5.89. The Labute approximate surface area is 114 Å². The van der Waals surface area contributed by atoms with E-state index in [0.717, 1.165) is 10.6 Å². The fourth-order valence-electron chi connectivity index (χ4n) is 1.52. The molecule has 0 bridgehead atoms. The van der Waals surface area contributed by atoms with Gasteiger partial charge in [-0.2, -0.15) is 0 Å². The molecule has 1 aromatic heterocycles. The predicted molar refractivity (Wildman–Crippen MR) is 74.4 cm³/mol. The van der Waals surface area contributed by atoms with E-state index in [1.54, 1.807) is 25.2 Å². The maximum absolute atomic E-state index is 11.9. The van der Waals surface area contributed by atoms with E-state index in [1.165, 1.54) is 11.3 Å². The molecule has 0 fully saturated rings. The summed E-state index contributed by atoms with van der Waals surface area (Å²) in [6, 6.07) is 10.9. The van der Waals surface area contributed by atoms with E-state index in [4.69, 9.17) is 16.3 Å². The summed E-state index contributed by atoms with van der Waals surface area (Å²) in [4.78, 5) is 12.8. The molecule has 0 spiro atoms. The monoisotopic (exact) mass is 281 g/mol. The molecular formula is C13H12ClNO2S. The minimum absolute atomic E-state index is 0.244. The number of esters is 1. The molecule has 18 heavy (non-hydrogen) atoms. The zero-order valence-corrected chi connectivity index (χ0v) is 11.3. The highest BCUT2D eigenvalue weighted by Crippen LogP contribution is 2.23. The number of thiophene rings is 1. The van der Waals surface area contributed by atoms with E-state index in [-0.39, 0.29) is 12.6 Å². The van der Waals surface area contributed by atoms with Crippen LogP contribution in [0.15, 0.2) is 36.4 Å². The normalized spacial score (nSPS) is 10.1. The molecule has 0 saturated carbocycles. The molecule has 1 heterocycles. The second-order valence-corrected chi connectivity index (χ2v) is 5.38. The number of hydrogen-bond acceptors (Lipinski definition) is 4. The van der Waals surface area contributed by atoms with Gasteiger partial charge >= 0.3 is 5.97 Å². The Hall–Kier alpha value is -1.52. The van der Waals surface area contributed by atoms with Crippen LogP contribution in [-0.2, 0) is 11.3 Å². The summed E-state index contributed by atoms with van der Waals surface area (Å²) in [6.45, 7) is 0.244. The van der Waals surface area contributed by atoms with E-state index in [9.17, 15) is 4.79 Å². The Morgan fingerprint density at radius 3 is 2.78 bits per heavy atom. The first kappa shape index (κ1) is 12.9. The van der Waals surface area contributed by atoms with Gasteiger partial charge in [-0.1, -0.05) is 23.7 Å². The van der Waals surface area contributed by atoms with Crippen LogP contribution in [0.2, 0.25) is 4.34 Å². The van der Waals surface area contributed by atoms with Crippen LogP contribution in [-0.4, -0.2) is 13.0 Å². The molecule has 0 aliphatic carbocycles. The maximum atomic E-state index is 11.9. The highest BCUT2D eigenvalue weighted by Gasteiger charge is 2.11. The number of carbonyl (C=O) groups is 1. The molecule has 0 unspecified atom stereocenters. The van der Waals surface area contributed by atoms with E-state index in [1.807, 2.05) is 18.2 Å². The summed E-state index contributed by atoms with van der Waals surface area (Å²) in [5, 5.41) is 2.96. The van der Waals surface area contributed by atoms with Gasteiger partial charge < -0.3 is 10.1 Å². The molecule has 0 amide bonds. The number of para-hydroxylation sites is 1. The molecule has 94 valence electrons. The van der Waals surface area contributed by atoms with Crippen LogP contribution in [0.25, 0.3) is 0 Å². The number of ether oxygens (including phenoxy) is 1. The average Bonchev–Trinajstić information content (AvgIpc) is 2.81. The minimum Gasteiger partial charge on any atom is -0.456 e. The van der Waals surface area contributed by atoms with Crippen molar-refractivity contribution in [1.29, 1.82) is 0 Å². The topological polar surface area (TPSA) is 38.3 Å². The van der Waals surface area contributed by atoms with Gasteiger partial charge in [-0.3, -0.25) is 0 Å². The van der Waals surface area contributed by atoms with Gasteiger partial charge in [0.15, 0.2) is 0 Å². The van der Waals surface area contributed by atoms with Crippen LogP contribution >= 0.6 is 22.9 Å². The highest BCUT2D eigenvalue weighted by atomic mass is 35.5. The molecule has 2 rings (SSSR count). The Morgan fingerprint density at radius 1 is 1.33 bits per heavy atom. The van der Waals surface area contributed by atoms with Gasteiger partial charge in [-0.25, -0.2) is 4.79 Å². The van der Waals surface area contributed by atoms with Crippen molar-refractivity contribution in [2.75, 3.05) is 12.4 Å². The van der Waals surface area contributed by atoms with Gasteiger partial charge in [-0.05, 0) is 24.3 Å². The first-order valence-corrected chi connectivity index (χ1v) is 6.58. The van der Waals surface area contributed by atoms with Gasteiger partial charge in [-0.15, -0.1) is 11.3 Å². The molecule has 1 aromatic carbocycles. The van der Waals surface area contributed by atoms with Crippen LogP contribution < -0.4 is 5.32 Å². The lowest BCUT2D eigenvalue weighted by molar-refractivity contribution is 0.0478. The molecular weight excluding hydrogens is 270 g/mol. The minimum atomic E-state index is -0.343. The summed E-state index contributed by atoms with van der Waals surface area (Å²) in [5.41, 5.74) is 1.29. The number of rotatable bonds is 4. The molecule has 1 N–H and O–H groups in total. The lowest BCUT2D eigenvalue weighted by Gasteiger charge is -2.08. The zero-order chi connectivity index (χ0) is 13.0. The number of benzene rings is 1. The van der Waals surface area contributed by atoms with E-state index < -0.39 is 0 Å². The fourth-order valence-corrected chi connectivity index (χ4v) is 2.52. The molecule has 5 heteroatoms. The van der Waals surface area contributed by atoms with Crippen molar-refractivity contribution >= 4 is 34.6 Å². The van der Waals surface area contributed by atoms with Gasteiger partial charge in [0.05, 0.1) is 9.90 Å². The van der Waals surface area contributed by atoms with Crippen LogP contribution in [0.4, 0.5) is 5.69 Å².